The van der Waals surface area contributed by atoms with Crippen molar-refractivity contribution in [2.75, 3.05) is 23.3 Å². The van der Waals surface area contributed by atoms with Crippen LogP contribution < -0.4 is 10.2 Å². The standard InChI is InChI=1S/C14H18N2O/c1-2-3-9-14(17)16-11-6-10-15-12-7-4-5-8-13(12)16/h2,4-5,7-8,15H,1,3,6,9-11H2. The van der Waals surface area contributed by atoms with Gasteiger partial charge in [0, 0.05) is 19.5 Å². The highest BCUT2D eigenvalue weighted by atomic mass is 16.2. The van der Waals surface area contributed by atoms with Gasteiger partial charge in [0.2, 0.25) is 5.91 Å². The maximum Gasteiger partial charge on any atom is 0.227 e. The fraction of sp³-hybridized carbons (Fsp3) is 0.357. The molecule has 0 atom stereocenters. The highest BCUT2D eigenvalue weighted by molar-refractivity contribution is 5.97. The van der Waals surface area contributed by atoms with Crippen molar-refractivity contribution in [2.45, 2.75) is 19.3 Å². The van der Waals surface area contributed by atoms with Crippen LogP contribution in [0.1, 0.15) is 19.3 Å². The van der Waals surface area contributed by atoms with E-state index in [2.05, 4.69) is 11.9 Å². The zero-order valence-corrected chi connectivity index (χ0v) is 9.98. The van der Waals surface area contributed by atoms with Crippen LogP contribution in [0.4, 0.5) is 11.4 Å². The van der Waals surface area contributed by atoms with Crippen molar-refractivity contribution in [3.05, 3.63) is 36.9 Å². The van der Waals surface area contributed by atoms with Crippen LogP contribution in [0.25, 0.3) is 0 Å². The Morgan fingerprint density at radius 2 is 2.29 bits per heavy atom. The summed E-state index contributed by atoms with van der Waals surface area (Å²) in [5, 5.41) is 3.35. The smallest absolute Gasteiger partial charge is 0.227 e. The van der Waals surface area contributed by atoms with Crippen molar-refractivity contribution < 1.29 is 4.79 Å². The molecule has 2 rings (SSSR count). The average Bonchev–Trinajstić information content (AvgIpc) is 2.58. The Labute approximate surface area is 102 Å². The van der Waals surface area contributed by atoms with E-state index in [0.717, 1.165) is 37.3 Å². The minimum absolute atomic E-state index is 0.182. The zero-order valence-electron chi connectivity index (χ0n) is 9.98. The quantitative estimate of drug-likeness (QED) is 0.810. The van der Waals surface area contributed by atoms with Crippen molar-refractivity contribution in [3.8, 4) is 0 Å². The molecule has 1 aromatic carbocycles. The molecule has 17 heavy (non-hydrogen) atoms. The molecule has 3 heteroatoms. The number of para-hydroxylation sites is 2. The number of benzene rings is 1. The normalized spacial score (nSPS) is 14.5. The summed E-state index contributed by atoms with van der Waals surface area (Å²) in [6.07, 6.45) is 4.05. The fourth-order valence-electron chi connectivity index (χ4n) is 2.06. The molecule has 90 valence electrons. The minimum atomic E-state index is 0.182. The lowest BCUT2D eigenvalue weighted by Crippen LogP contribution is -2.31. The summed E-state index contributed by atoms with van der Waals surface area (Å²) >= 11 is 0. The third-order valence-corrected chi connectivity index (χ3v) is 2.93. The number of nitrogens with zero attached hydrogens (tertiary/aromatic N) is 1. The number of hydrogen-bond donors (Lipinski definition) is 1. The number of carbonyl (C=O) groups is 1. The number of rotatable bonds is 3. The van der Waals surface area contributed by atoms with Gasteiger partial charge in [-0.1, -0.05) is 18.2 Å². The van der Waals surface area contributed by atoms with Gasteiger partial charge in [0.1, 0.15) is 0 Å². The summed E-state index contributed by atoms with van der Waals surface area (Å²) in [6, 6.07) is 7.98. The first-order chi connectivity index (χ1) is 8.33. The largest absolute Gasteiger partial charge is 0.383 e. The molecule has 0 aliphatic carbocycles. The van der Waals surface area contributed by atoms with E-state index in [0.29, 0.717) is 6.42 Å². The Kier molecular flexibility index (Phi) is 3.81. The summed E-state index contributed by atoms with van der Waals surface area (Å²) in [5.74, 6) is 0.182. The number of nitrogens with one attached hydrogen (secondary N) is 1. The molecule has 0 bridgehead atoms. The molecule has 0 saturated carbocycles. The summed E-state index contributed by atoms with van der Waals surface area (Å²) in [6.45, 7) is 5.37. The van der Waals surface area contributed by atoms with Crippen molar-refractivity contribution in [1.82, 2.24) is 0 Å². The maximum absolute atomic E-state index is 12.1. The van der Waals surface area contributed by atoms with Gasteiger partial charge in [0.25, 0.3) is 0 Å². The van der Waals surface area contributed by atoms with Crippen LogP contribution in [0.3, 0.4) is 0 Å². The number of hydrogen-bond acceptors (Lipinski definition) is 2. The van der Waals surface area contributed by atoms with E-state index in [4.69, 9.17) is 0 Å². The third-order valence-electron chi connectivity index (χ3n) is 2.93. The van der Waals surface area contributed by atoms with Gasteiger partial charge in [0.05, 0.1) is 11.4 Å². The molecule has 0 fully saturated rings. The second kappa shape index (κ2) is 5.53. The second-order valence-corrected chi connectivity index (χ2v) is 4.17. The Bertz CT molecular complexity index is 414. The lowest BCUT2D eigenvalue weighted by Gasteiger charge is -2.22. The van der Waals surface area contributed by atoms with Crippen molar-refractivity contribution >= 4 is 17.3 Å². The molecular weight excluding hydrogens is 212 g/mol. The maximum atomic E-state index is 12.1. The molecule has 1 N–H and O–H groups in total. The van der Waals surface area contributed by atoms with Crippen LogP contribution in [0, 0.1) is 0 Å². The Morgan fingerprint density at radius 1 is 1.47 bits per heavy atom. The van der Waals surface area contributed by atoms with Crippen LogP contribution in [0.2, 0.25) is 0 Å². The lowest BCUT2D eigenvalue weighted by atomic mass is 10.2. The monoisotopic (exact) mass is 230 g/mol. The molecule has 0 radical (unpaired) electrons. The van der Waals surface area contributed by atoms with Gasteiger partial charge in [-0.2, -0.15) is 0 Å². The van der Waals surface area contributed by atoms with Gasteiger partial charge in [-0.15, -0.1) is 6.58 Å². The lowest BCUT2D eigenvalue weighted by molar-refractivity contribution is -0.118. The molecule has 1 heterocycles. The summed E-state index contributed by atoms with van der Waals surface area (Å²) in [7, 11) is 0. The summed E-state index contributed by atoms with van der Waals surface area (Å²) in [4.78, 5) is 14.0. The molecule has 0 saturated heterocycles. The molecule has 1 aromatic rings. The fourth-order valence-corrected chi connectivity index (χ4v) is 2.06. The second-order valence-electron chi connectivity index (χ2n) is 4.17. The predicted molar refractivity (Wildman–Crippen MR) is 71.3 cm³/mol. The molecule has 1 aliphatic heterocycles. The average molecular weight is 230 g/mol. The molecule has 3 nitrogen and oxygen atoms in total. The predicted octanol–water partition coefficient (Wildman–Crippen LogP) is 2.80. The molecule has 1 aliphatic rings. The van der Waals surface area contributed by atoms with E-state index >= 15 is 0 Å². The zero-order chi connectivity index (χ0) is 12.1. The Morgan fingerprint density at radius 3 is 3.12 bits per heavy atom. The molecule has 1 amide bonds. The van der Waals surface area contributed by atoms with Crippen LogP contribution in [0.5, 0.6) is 0 Å². The first-order valence-electron chi connectivity index (χ1n) is 6.07. The Balaban J connectivity index is 2.22. The number of allylic oxidation sites excluding steroid dienone is 1. The van der Waals surface area contributed by atoms with E-state index < -0.39 is 0 Å². The molecular formula is C14H18N2O. The van der Waals surface area contributed by atoms with Gasteiger partial charge >= 0.3 is 0 Å². The number of carbonyl (C=O) groups excluding carboxylic acids is 1. The van der Waals surface area contributed by atoms with Gasteiger partial charge in [-0.3, -0.25) is 4.79 Å². The van der Waals surface area contributed by atoms with Gasteiger partial charge in [-0.05, 0) is 25.0 Å². The number of anilines is 2. The van der Waals surface area contributed by atoms with E-state index in [1.54, 1.807) is 6.08 Å². The summed E-state index contributed by atoms with van der Waals surface area (Å²) in [5.41, 5.74) is 2.05. The molecule has 0 spiro atoms. The number of amides is 1. The van der Waals surface area contributed by atoms with E-state index in [-0.39, 0.29) is 5.91 Å². The van der Waals surface area contributed by atoms with E-state index in [1.807, 2.05) is 29.2 Å². The van der Waals surface area contributed by atoms with Gasteiger partial charge in [-0.25, -0.2) is 0 Å². The summed E-state index contributed by atoms with van der Waals surface area (Å²) < 4.78 is 0. The molecule has 0 unspecified atom stereocenters. The first kappa shape index (κ1) is 11.7. The first-order valence-corrected chi connectivity index (χ1v) is 6.07. The van der Waals surface area contributed by atoms with Crippen LogP contribution in [-0.2, 0) is 4.79 Å². The van der Waals surface area contributed by atoms with Crippen LogP contribution >= 0.6 is 0 Å². The highest BCUT2D eigenvalue weighted by Gasteiger charge is 2.19. The third kappa shape index (κ3) is 2.67. The topological polar surface area (TPSA) is 32.3 Å². The van der Waals surface area contributed by atoms with Crippen LogP contribution in [0.15, 0.2) is 36.9 Å². The number of fused-ring (bicyclic) bond motifs is 1. The van der Waals surface area contributed by atoms with E-state index in [9.17, 15) is 4.79 Å². The van der Waals surface area contributed by atoms with E-state index in [1.165, 1.54) is 0 Å². The minimum Gasteiger partial charge on any atom is -0.383 e. The van der Waals surface area contributed by atoms with Crippen LogP contribution in [-0.4, -0.2) is 19.0 Å². The Hall–Kier alpha value is -1.77. The van der Waals surface area contributed by atoms with Crippen molar-refractivity contribution in [3.63, 3.8) is 0 Å². The van der Waals surface area contributed by atoms with Gasteiger partial charge < -0.3 is 10.2 Å². The highest BCUT2D eigenvalue weighted by Crippen LogP contribution is 2.28. The SMILES string of the molecule is C=CCCC(=O)N1CCCNc2ccccc21. The van der Waals surface area contributed by atoms with Crippen molar-refractivity contribution in [2.24, 2.45) is 0 Å². The van der Waals surface area contributed by atoms with Crippen molar-refractivity contribution in [1.29, 1.82) is 0 Å². The van der Waals surface area contributed by atoms with Gasteiger partial charge in [0.15, 0.2) is 0 Å². The molecule has 0 aromatic heterocycles.